The molecule has 18 heavy (non-hydrogen) atoms. The number of hydrogen-bond acceptors (Lipinski definition) is 3. The molecule has 94 valence electrons. The Bertz CT molecular complexity index is 592. The average Bonchev–Trinajstić information content (AvgIpc) is 2.36. The fourth-order valence-corrected chi connectivity index (χ4v) is 2.55. The minimum absolute atomic E-state index is 0.0679. The first-order valence-corrected chi connectivity index (χ1v) is 6.94. The first-order chi connectivity index (χ1) is 8.67. The molecular weight excluding hydrogens is 244 g/mol. The monoisotopic (exact) mass is 260 g/mol. The van der Waals surface area contributed by atoms with Crippen LogP contribution in [-0.2, 0) is 12.2 Å². The zero-order chi connectivity index (χ0) is 13.0. The Kier molecular flexibility index (Phi) is 4.20. The molecule has 0 aliphatic heterocycles. The molecule has 0 atom stereocenters. The van der Waals surface area contributed by atoms with E-state index in [9.17, 15) is 4.79 Å². The van der Waals surface area contributed by atoms with E-state index in [4.69, 9.17) is 0 Å². The van der Waals surface area contributed by atoms with Crippen molar-refractivity contribution in [3.05, 3.63) is 57.8 Å². The van der Waals surface area contributed by atoms with Crippen molar-refractivity contribution in [3.8, 4) is 0 Å². The molecule has 0 radical (unpaired) electrons. The van der Waals surface area contributed by atoms with Crippen LogP contribution in [0.3, 0.4) is 0 Å². The molecule has 1 aromatic carbocycles. The third-order valence-electron chi connectivity index (χ3n) is 2.57. The summed E-state index contributed by atoms with van der Waals surface area (Å²) < 4.78 is 0. The first-order valence-electron chi connectivity index (χ1n) is 5.96. The average molecular weight is 260 g/mol. The van der Waals surface area contributed by atoms with Gasteiger partial charge in [0, 0.05) is 16.7 Å². The van der Waals surface area contributed by atoms with E-state index >= 15 is 0 Å². The molecule has 0 aliphatic rings. The van der Waals surface area contributed by atoms with Crippen LogP contribution < -0.4 is 5.56 Å². The topological polar surface area (TPSA) is 45.8 Å². The summed E-state index contributed by atoms with van der Waals surface area (Å²) in [7, 11) is 0. The Hall–Kier alpha value is -1.55. The molecule has 0 amide bonds. The normalized spacial score (nSPS) is 10.6. The molecule has 0 bridgehead atoms. The van der Waals surface area contributed by atoms with E-state index in [2.05, 4.69) is 35.1 Å². The van der Waals surface area contributed by atoms with Gasteiger partial charge in [-0.2, -0.15) is 0 Å². The molecule has 3 nitrogen and oxygen atoms in total. The van der Waals surface area contributed by atoms with Gasteiger partial charge in [0.1, 0.15) is 5.82 Å². The molecule has 1 N–H and O–H groups in total. The predicted octanol–water partition coefficient (Wildman–Crippen LogP) is 2.93. The zero-order valence-corrected chi connectivity index (χ0v) is 11.4. The van der Waals surface area contributed by atoms with Crippen LogP contribution in [0.15, 0.2) is 40.0 Å². The van der Waals surface area contributed by atoms with Gasteiger partial charge in [0.25, 0.3) is 5.56 Å². The summed E-state index contributed by atoms with van der Waals surface area (Å²) in [5, 5.41) is 0. The lowest BCUT2D eigenvalue weighted by Gasteiger charge is -2.04. The molecule has 1 aromatic heterocycles. The van der Waals surface area contributed by atoms with Crippen LogP contribution in [-0.4, -0.2) is 9.97 Å². The van der Waals surface area contributed by atoms with E-state index in [1.165, 1.54) is 10.5 Å². The zero-order valence-electron chi connectivity index (χ0n) is 10.6. The van der Waals surface area contributed by atoms with E-state index < -0.39 is 0 Å². The van der Waals surface area contributed by atoms with Gasteiger partial charge in [-0.3, -0.25) is 4.79 Å². The lowest BCUT2D eigenvalue weighted by atomic mass is 10.2. The summed E-state index contributed by atoms with van der Waals surface area (Å²) >= 11 is 1.68. The molecular formula is C14H16N2OS. The van der Waals surface area contributed by atoms with Gasteiger partial charge in [-0.15, -0.1) is 11.8 Å². The number of hydrogen-bond donors (Lipinski definition) is 1. The lowest BCUT2D eigenvalue weighted by molar-refractivity contribution is 0.920. The van der Waals surface area contributed by atoms with E-state index in [1.807, 2.05) is 13.0 Å². The van der Waals surface area contributed by atoms with Crippen molar-refractivity contribution < 1.29 is 0 Å². The van der Waals surface area contributed by atoms with Crippen LogP contribution in [0.5, 0.6) is 0 Å². The van der Waals surface area contributed by atoms with Gasteiger partial charge < -0.3 is 4.98 Å². The minimum atomic E-state index is -0.0679. The van der Waals surface area contributed by atoms with Gasteiger partial charge in [-0.05, 0) is 25.5 Å². The van der Waals surface area contributed by atoms with Gasteiger partial charge in [0.2, 0.25) is 0 Å². The summed E-state index contributed by atoms with van der Waals surface area (Å²) in [4.78, 5) is 19.8. The number of H-pyrrole nitrogens is 1. The number of nitrogens with zero attached hydrogens (tertiary/aromatic N) is 1. The smallest absolute Gasteiger partial charge is 0.251 e. The Morgan fingerprint density at radius 3 is 2.89 bits per heavy atom. The van der Waals surface area contributed by atoms with Crippen LogP contribution in [0.1, 0.15) is 24.0 Å². The highest BCUT2D eigenvalue weighted by atomic mass is 32.2. The first kappa shape index (κ1) is 12.9. The molecule has 4 heteroatoms. The van der Waals surface area contributed by atoms with Crippen LogP contribution in [0.25, 0.3) is 0 Å². The summed E-state index contributed by atoms with van der Waals surface area (Å²) in [6.45, 7) is 4.07. The van der Waals surface area contributed by atoms with Crippen molar-refractivity contribution in [1.29, 1.82) is 0 Å². The van der Waals surface area contributed by atoms with Crippen LogP contribution in [0.2, 0.25) is 0 Å². The summed E-state index contributed by atoms with van der Waals surface area (Å²) in [5.41, 5.74) is 2.02. The Morgan fingerprint density at radius 1 is 1.33 bits per heavy atom. The Balaban J connectivity index is 2.10. The van der Waals surface area contributed by atoms with Crippen LogP contribution >= 0.6 is 11.8 Å². The summed E-state index contributed by atoms with van der Waals surface area (Å²) in [6, 6.07) is 9.87. The lowest BCUT2D eigenvalue weighted by Crippen LogP contribution is -2.11. The van der Waals surface area contributed by atoms with Crippen LogP contribution in [0, 0.1) is 6.92 Å². The molecule has 2 aromatic rings. The van der Waals surface area contributed by atoms with Crippen molar-refractivity contribution in [2.24, 2.45) is 0 Å². The highest BCUT2D eigenvalue weighted by Gasteiger charge is 2.01. The second-order valence-corrected chi connectivity index (χ2v) is 5.19. The van der Waals surface area contributed by atoms with Gasteiger partial charge in [-0.25, -0.2) is 4.98 Å². The van der Waals surface area contributed by atoms with E-state index in [-0.39, 0.29) is 5.56 Å². The molecule has 0 saturated carbocycles. The van der Waals surface area contributed by atoms with E-state index in [0.29, 0.717) is 5.75 Å². The molecule has 0 fully saturated rings. The summed E-state index contributed by atoms with van der Waals surface area (Å²) in [5.74, 6) is 1.43. The van der Waals surface area contributed by atoms with Gasteiger partial charge in [0.15, 0.2) is 0 Å². The van der Waals surface area contributed by atoms with Crippen LogP contribution in [0.4, 0.5) is 0 Å². The molecule has 0 saturated heterocycles. The number of nitrogens with one attached hydrogen (secondary N) is 1. The SMILES string of the molecule is CCc1cc(=O)[nH]c(CSc2cccc(C)c2)n1. The largest absolute Gasteiger partial charge is 0.310 e. The molecule has 0 spiro atoms. The maximum Gasteiger partial charge on any atom is 0.251 e. The molecule has 1 heterocycles. The Labute approximate surface area is 111 Å². The highest BCUT2D eigenvalue weighted by molar-refractivity contribution is 7.98. The third kappa shape index (κ3) is 3.47. The number of rotatable bonds is 4. The van der Waals surface area contributed by atoms with Crippen molar-refractivity contribution >= 4 is 11.8 Å². The molecule has 0 aliphatic carbocycles. The van der Waals surface area contributed by atoms with Gasteiger partial charge in [-0.1, -0.05) is 24.6 Å². The van der Waals surface area contributed by atoms with Crippen molar-refractivity contribution in [2.75, 3.05) is 0 Å². The number of aromatic nitrogens is 2. The van der Waals surface area contributed by atoms with Gasteiger partial charge in [0.05, 0.1) is 5.75 Å². The fraction of sp³-hybridized carbons (Fsp3) is 0.286. The van der Waals surface area contributed by atoms with E-state index in [1.54, 1.807) is 17.8 Å². The van der Waals surface area contributed by atoms with Crippen molar-refractivity contribution in [3.63, 3.8) is 0 Å². The number of thioether (sulfide) groups is 1. The van der Waals surface area contributed by atoms with Gasteiger partial charge >= 0.3 is 0 Å². The predicted molar refractivity (Wildman–Crippen MR) is 75.0 cm³/mol. The van der Waals surface area contributed by atoms with Crippen molar-refractivity contribution in [1.82, 2.24) is 9.97 Å². The number of benzene rings is 1. The molecule has 0 unspecified atom stereocenters. The standard InChI is InChI=1S/C14H16N2OS/c1-3-11-8-14(17)16-13(15-11)9-18-12-6-4-5-10(2)7-12/h4-8H,3,9H2,1-2H3,(H,15,16,17). The quantitative estimate of drug-likeness (QED) is 0.860. The maximum absolute atomic E-state index is 11.4. The Morgan fingerprint density at radius 2 is 2.17 bits per heavy atom. The number of aryl methyl sites for hydroxylation is 2. The third-order valence-corrected chi connectivity index (χ3v) is 3.58. The van der Waals surface area contributed by atoms with Crippen molar-refractivity contribution in [2.45, 2.75) is 30.9 Å². The van der Waals surface area contributed by atoms with E-state index in [0.717, 1.165) is 17.9 Å². The second-order valence-electron chi connectivity index (χ2n) is 4.14. The molecule has 2 rings (SSSR count). The summed E-state index contributed by atoms with van der Waals surface area (Å²) in [6.07, 6.45) is 0.784. The highest BCUT2D eigenvalue weighted by Crippen LogP contribution is 2.21. The fourth-order valence-electron chi connectivity index (χ4n) is 1.67. The second kappa shape index (κ2) is 5.87. The number of aromatic amines is 1. The maximum atomic E-state index is 11.4. The minimum Gasteiger partial charge on any atom is -0.310 e.